The maximum atomic E-state index is 4.77. The van der Waals surface area contributed by atoms with Crippen LogP contribution in [0.5, 0.6) is 0 Å². The largest absolute Gasteiger partial charge is 0.301 e. The molecule has 0 unspecified atom stereocenters. The molecule has 7 heavy (non-hydrogen) atoms. The van der Waals surface area contributed by atoms with Crippen LogP contribution in [-0.2, 0) is 0 Å². The Kier molecular flexibility index (Phi) is 1.51. The fourth-order valence-corrected chi connectivity index (χ4v) is 1.32. The first-order valence-corrected chi connectivity index (χ1v) is 3.39. The third kappa shape index (κ3) is 1.05. The van der Waals surface area contributed by atoms with Gasteiger partial charge in [0, 0.05) is 5.38 Å². The van der Waals surface area contributed by atoms with Crippen molar-refractivity contribution >= 4 is 36.4 Å². The minimum Gasteiger partial charge on any atom is -0.301 e. The molecule has 1 aromatic heterocycles. The summed E-state index contributed by atoms with van der Waals surface area (Å²) in [7, 11) is 0. The average Bonchev–Trinajstić information content (AvgIpc) is 1.91. The molecular formula is C3H3NS3. The summed E-state index contributed by atoms with van der Waals surface area (Å²) in [6, 6.07) is 0. The van der Waals surface area contributed by atoms with Gasteiger partial charge in [0.1, 0.15) is 4.64 Å². The number of H-pyrrole nitrogens is 1. The summed E-state index contributed by atoms with van der Waals surface area (Å²) in [4.78, 5) is 0.861. The molecule has 0 aliphatic rings. The Labute approximate surface area is 55.9 Å². The second kappa shape index (κ2) is 1.98. The summed E-state index contributed by atoms with van der Waals surface area (Å²) < 4.78 is 3.58. The van der Waals surface area contributed by atoms with Crippen LogP contribution in [0, 0.1) is 4.64 Å². The molecule has 0 radical (unpaired) electrons. The van der Waals surface area contributed by atoms with Crippen molar-refractivity contribution in [3.63, 3.8) is 0 Å². The quantitative estimate of drug-likeness (QED) is 0.426. The smallest absolute Gasteiger partial charge is 0.126 e. The number of hydrogen-bond donors (Lipinski definition) is 2. The molecule has 0 atom stereocenters. The number of thiol groups is 1. The van der Waals surface area contributed by atoms with E-state index in [0.717, 1.165) is 9.54 Å². The Bertz CT molecular complexity index is 198. The number of nitrogens with one attached hydrogen (secondary N) is 1. The first-order chi connectivity index (χ1) is 3.30. The maximum absolute atomic E-state index is 4.77. The molecule has 1 heterocycles. The van der Waals surface area contributed by atoms with E-state index in [1.165, 1.54) is 11.5 Å². The van der Waals surface area contributed by atoms with Crippen molar-refractivity contribution in [2.24, 2.45) is 0 Å². The van der Waals surface area contributed by atoms with Crippen LogP contribution >= 0.6 is 36.4 Å². The number of rotatable bonds is 0. The Morgan fingerprint density at radius 2 is 2.57 bits per heavy atom. The van der Waals surface area contributed by atoms with E-state index < -0.39 is 0 Å². The number of aromatic nitrogens is 1. The molecule has 0 spiro atoms. The van der Waals surface area contributed by atoms with Crippen LogP contribution in [0.15, 0.2) is 10.3 Å². The topological polar surface area (TPSA) is 15.8 Å². The Hall–Kier alpha value is 0.200. The van der Waals surface area contributed by atoms with Crippen LogP contribution in [0.25, 0.3) is 0 Å². The van der Waals surface area contributed by atoms with Gasteiger partial charge in [0.2, 0.25) is 0 Å². The van der Waals surface area contributed by atoms with Crippen molar-refractivity contribution in [1.29, 1.82) is 0 Å². The van der Waals surface area contributed by atoms with Gasteiger partial charge in [-0.05, 0) is 0 Å². The summed E-state index contributed by atoms with van der Waals surface area (Å²) in [5.41, 5.74) is 0. The highest BCUT2D eigenvalue weighted by atomic mass is 32.1. The fraction of sp³-hybridized carbons (Fsp3) is 0. The van der Waals surface area contributed by atoms with Crippen LogP contribution in [0.2, 0.25) is 0 Å². The van der Waals surface area contributed by atoms with Crippen molar-refractivity contribution in [3.05, 3.63) is 10.0 Å². The van der Waals surface area contributed by atoms with Crippen LogP contribution in [0.4, 0.5) is 0 Å². The molecule has 1 nitrogen and oxygen atoms in total. The van der Waals surface area contributed by atoms with Gasteiger partial charge in [-0.2, -0.15) is 0 Å². The maximum Gasteiger partial charge on any atom is 0.126 e. The lowest BCUT2D eigenvalue weighted by molar-refractivity contribution is 1.40. The highest BCUT2D eigenvalue weighted by Crippen LogP contribution is 2.08. The van der Waals surface area contributed by atoms with E-state index in [1.807, 2.05) is 5.38 Å². The summed E-state index contributed by atoms with van der Waals surface area (Å²) in [5.74, 6) is 0. The molecule has 0 saturated carbocycles. The molecule has 0 aliphatic carbocycles. The standard InChI is InChI=1S/C3H3NS3/c5-2-1-7-4-3(2)6/h1,5H,(H,4,6). The molecule has 0 aromatic carbocycles. The summed E-state index contributed by atoms with van der Waals surface area (Å²) in [5, 5.41) is 1.87. The van der Waals surface area contributed by atoms with E-state index in [1.54, 1.807) is 0 Å². The minimum atomic E-state index is 0.730. The van der Waals surface area contributed by atoms with E-state index in [0.29, 0.717) is 0 Å². The van der Waals surface area contributed by atoms with Gasteiger partial charge in [-0.25, -0.2) is 0 Å². The van der Waals surface area contributed by atoms with E-state index in [-0.39, 0.29) is 0 Å². The van der Waals surface area contributed by atoms with Crippen LogP contribution in [0.3, 0.4) is 0 Å². The van der Waals surface area contributed by atoms with E-state index in [4.69, 9.17) is 12.2 Å². The third-order valence-corrected chi connectivity index (χ3v) is 2.36. The predicted molar refractivity (Wildman–Crippen MR) is 36.8 cm³/mol. The lowest BCUT2D eigenvalue weighted by Gasteiger charge is -1.67. The lowest BCUT2D eigenvalue weighted by atomic mass is 10.8. The molecule has 1 rings (SSSR count). The zero-order valence-corrected chi connectivity index (χ0v) is 5.87. The van der Waals surface area contributed by atoms with E-state index >= 15 is 0 Å². The van der Waals surface area contributed by atoms with E-state index in [9.17, 15) is 0 Å². The number of hydrogen-bond acceptors (Lipinski definition) is 3. The Balaban J connectivity index is 3.39. The molecule has 0 aliphatic heterocycles. The van der Waals surface area contributed by atoms with Gasteiger partial charge in [0.05, 0.1) is 4.90 Å². The molecule has 1 aromatic rings. The van der Waals surface area contributed by atoms with Crippen molar-refractivity contribution in [3.8, 4) is 0 Å². The van der Waals surface area contributed by atoms with Crippen LogP contribution in [-0.4, -0.2) is 4.37 Å². The molecule has 0 bridgehead atoms. The van der Waals surface area contributed by atoms with Gasteiger partial charge in [-0.3, -0.25) is 0 Å². The van der Waals surface area contributed by atoms with E-state index in [2.05, 4.69) is 17.0 Å². The second-order valence-electron chi connectivity index (χ2n) is 1.05. The van der Waals surface area contributed by atoms with Crippen molar-refractivity contribution in [1.82, 2.24) is 4.37 Å². The molecule has 0 fully saturated rings. The predicted octanol–water partition coefficient (Wildman–Crippen LogP) is 2.09. The monoisotopic (exact) mass is 149 g/mol. The highest BCUT2D eigenvalue weighted by molar-refractivity contribution is 7.81. The third-order valence-electron chi connectivity index (χ3n) is 0.555. The van der Waals surface area contributed by atoms with Gasteiger partial charge < -0.3 is 4.37 Å². The minimum absolute atomic E-state index is 0.730. The number of aromatic amines is 1. The van der Waals surface area contributed by atoms with Crippen molar-refractivity contribution in [2.45, 2.75) is 4.90 Å². The lowest BCUT2D eigenvalue weighted by Crippen LogP contribution is -1.52. The molecule has 4 heteroatoms. The van der Waals surface area contributed by atoms with Gasteiger partial charge in [-0.1, -0.05) is 23.8 Å². The normalized spacial score (nSPS) is 9.29. The average molecular weight is 149 g/mol. The fourth-order valence-electron chi connectivity index (χ4n) is 0.245. The Morgan fingerprint density at radius 3 is 2.71 bits per heavy atom. The summed E-state index contributed by atoms with van der Waals surface area (Å²) in [6.07, 6.45) is 0. The van der Waals surface area contributed by atoms with Crippen LogP contribution < -0.4 is 0 Å². The molecule has 38 valence electrons. The zero-order chi connectivity index (χ0) is 5.28. The molecule has 1 N–H and O–H groups in total. The highest BCUT2D eigenvalue weighted by Gasteiger charge is 1.83. The van der Waals surface area contributed by atoms with Gasteiger partial charge in [-0.15, -0.1) is 12.6 Å². The summed E-state index contributed by atoms with van der Waals surface area (Å²) >= 11 is 10.2. The summed E-state index contributed by atoms with van der Waals surface area (Å²) in [6.45, 7) is 0. The van der Waals surface area contributed by atoms with Gasteiger partial charge in [0.15, 0.2) is 0 Å². The first-order valence-electron chi connectivity index (χ1n) is 1.66. The Morgan fingerprint density at radius 1 is 1.86 bits per heavy atom. The van der Waals surface area contributed by atoms with Crippen LogP contribution in [0.1, 0.15) is 0 Å². The molecule has 0 saturated heterocycles. The SMILES string of the molecule is S=c1[nH]scc1S. The van der Waals surface area contributed by atoms with Gasteiger partial charge >= 0.3 is 0 Å². The molecular weight excluding hydrogens is 146 g/mol. The molecule has 0 amide bonds. The second-order valence-corrected chi connectivity index (χ2v) is 2.62. The van der Waals surface area contributed by atoms with Gasteiger partial charge in [0.25, 0.3) is 0 Å². The zero-order valence-electron chi connectivity index (χ0n) is 3.34. The van der Waals surface area contributed by atoms with Crippen molar-refractivity contribution < 1.29 is 0 Å². The first kappa shape index (κ1) is 5.34. The van der Waals surface area contributed by atoms with Crippen molar-refractivity contribution in [2.75, 3.05) is 0 Å².